The largest absolute Gasteiger partial charge is 0.488 e. The Morgan fingerprint density at radius 1 is 1.31 bits per heavy atom. The SMILES string of the molecule is O[C@H]1CCc2cc(OC3CCOC3)ccc21. The molecular formula is C13H16O3. The van der Waals surface area contributed by atoms with Crippen LogP contribution in [-0.2, 0) is 11.2 Å². The normalized spacial score (nSPS) is 28.1. The maximum Gasteiger partial charge on any atom is 0.124 e. The van der Waals surface area contributed by atoms with Gasteiger partial charge >= 0.3 is 0 Å². The molecule has 0 radical (unpaired) electrons. The Kier molecular flexibility index (Phi) is 2.58. The van der Waals surface area contributed by atoms with E-state index in [1.54, 1.807) is 0 Å². The Morgan fingerprint density at radius 2 is 2.25 bits per heavy atom. The highest BCUT2D eigenvalue weighted by atomic mass is 16.5. The minimum Gasteiger partial charge on any atom is -0.488 e. The molecular weight excluding hydrogens is 204 g/mol. The fraction of sp³-hybridized carbons (Fsp3) is 0.538. The molecule has 3 rings (SSSR count). The molecule has 1 N–H and O–H groups in total. The molecule has 1 heterocycles. The number of hydrogen-bond acceptors (Lipinski definition) is 3. The van der Waals surface area contributed by atoms with Crippen molar-refractivity contribution in [1.29, 1.82) is 0 Å². The Labute approximate surface area is 95.0 Å². The third-order valence-corrected chi connectivity index (χ3v) is 3.35. The van der Waals surface area contributed by atoms with Crippen molar-refractivity contribution in [3.63, 3.8) is 0 Å². The van der Waals surface area contributed by atoms with E-state index in [2.05, 4.69) is 6.07 Å². The summed E-state index contributed by atoms with van der Waals surface area (Å²) in [5, 5.41) is 9.70. The summed E-state index contributed by atoms with van der Waals surface area (Å²) >= 11 is 0. The van der Waals surface area contributed by atoms with Gasteiger partial charge in [-0.3, -0.25) is 0 Å². The smallest absolute Gasteiger partial charge is 0.124 e. The zero-order valence-electron chi connectivity index (χ0n) is 9.19. The summed E-state index contributed by atoms with van der Waals surface area (Å²) in [4.78, 5) is 0. The van der Waals surface area contributed by atoms with Crippen LogP contribution < -0.4 is 4.74 Å². The lowest BCUT2D eigenvalue weighted by atomic mass is 10.1. The van der Waals surface area contributed by atoms with Crippen LogP contribution in [0.3, 0.4) is 0 Å². The summed E-state index contributed by atoms with van der Waals surface area (Å²) in [5.74, 6) is 0.906. The summed E-state index contributed by atoms with van der Waals surface area (Å²) in [6.07, 6.45) is 2.68. The first-order valence-electron chi connectivity index (χ1n) is 5.88. The van der Waals surface area contributed by atoms with E-state index in [1.807, 2.05) is 12.1 Å². The van der Waals surface area contributed by atoms with Crippen LogP contribution in [0.2, 0.25) is 0 Å². The van der Waals surface area contributed by atoms with Crippen LogP contribution >= 0.6 is 0 Å². The Hall–Kier alpha value is -1.06. The van der Waals surface area contributed by atoms with E-state index in [0.717, 1.165) is 37.2 Å². The molecule has 1 aromatic carbocycles. The van der Waals surface area contributed by atoms with E-state index < -0.39 is 0 Å². The van der Waals surface area contributed by atoms with E-state index in [4.69, 9.17) is 9.47 Å². The van der Waals surface area contributed by atoms with Gasteiger partial charge in [0.1, 0.15) is 11.9 Å². The third kappa shape index (κ3) is 1.81. The van der Waals surface area contributed by atoms with Crippen molar-refractivity contribution in [3.8, 4) is 5.75 Å². The minimum absolute atomic E-state index is 0.198. The van der Waals surface area contributed by atoms with Crippen molar-refractivity contribution in [3.05, 3.63) is 29.3 Å². The molecule has 0 aromatic heterocycles. The Morgan fingerprint density at radius 3 is 3.06 bits per heavy atom. The quantitative estimate of drug-likeness (QED) is 0.826. The fourth-order valence-corrected chi connectivity index (χ4v) is 2.44. The lowest BCUT2D eigenvalue weighted by Gasteiger charge is -2.13. The molecule has 1 unspecified atom stereocenters. The first-order chi connectivity index (χ1) is 7.83. The maximum atomic E-state index is 9.70. The molecule has 0 saturated carbocycles. The zero-order chi connectivity index (χ0) is 11.0. The van der Waals surface area contributed by atoms with Crippen LogP contribution in [0.5, 0.6) is 5.75 Å². The second-order valence-electron chi connectivity index (χ2n) is 4.52. The first-order valence-corrected chi connectivity index (χ1v) is 5.88. The van der Waals surface area contributed by atoms with Crippen LogP contribution in [0.15, 0.2) is 18.2 Å². The highest BCUT2D eigenvalue weighted by molar-refractivity contribution is 5.39. The van der Waals surface area contributed by atoms with Crippen molar-refractivity contribution < 1.29 is 14.6 Å². The van der Waals surface area contributed by atoms with Crippen molar-refractivity contribution in [2.24, 2.45) is 0 Å². The van der Waals surface area contributed by atoms with Crippen LogP contribution in [0.4, 0.5) is 0 Å². The molecule has 3 heteroatoms. The highest BCUT2D eigenvalue weighted by Gasteiger charge is 2.22. The molecule has 86 valence electrons. The van der Waals surface area contributed by atoms with Crippen LogP contribution in [0, 0.1) is 0 Å². The van der Waals surface area contributed by atoms with Gasteiger partial charge in [0.15, 0.2) is 0 Å². The number of aliphatic hydroxyl groups is 1. The van der Waals surface area contributed by atoms with Gasteiger partial charge in [0.2, 0.25) is 0 Å². The van der Waals surface area contributed by atoms with Gasteiger partial charge in [-0.05, 0) is 36.1 Å². The Bertz CT molecular complexity index is 383. The average Bonchev–Trinajstić information content (AvgIpc) is 2.90. The van der Waals surface area contributed by atoms with Gasteiger partial charge in [0.25, 0.3) is 0 Å². The third-order valence-electron chi connectivity index (χ3n) is 3.35. The molecule has 2 aliphatic rings. The van der Waals surface area contributed by atoms with Crippen LogP contribution in [-0.4, -0.2) is 24.4 Å². The molecule has 1 saturated heterocycles. The lowest BCUT2D eigenvalue weighted by molar-refractivity contribution is 0.141. The molecule has 1 fully saturated rings. The van der Waals surface area contributed by atoms with E-state index in [1.165, 1.54) is 5.56 Å². The topological polar surface area (TPSA) is 38.7 Å². The van der Waals surface area contributed by atoms with Crippen molar-refractivity contribution in [1.82, 2.24) is 0 Å². The number of aryl methyl sites for hydroxylation is 1. The van der Waals surface area contributed by atoms with E-state index in [9.17, 15) is 5.11 Å². The van der Waals surface area contributed by atoms with Crippen molar-refractivity contribution in [2.45, 2.75) is 31.5 Å². The standard InChI is InChI=1S/C13H16O3/c14-13-4-1-9-7-10(2-3-12(9)13)16-11-5-6-15-8-11/h2-3,7,11,13-14H,1,4-6,8H2/t11?,13-/m0/s1. The van der Waals surface area contributed by atoms with Gasteiger partial charge in [-0.1, -0.05) is 6.07 Å². The molecule has 2 atom stereocenters. The highest BCUT2D eigenvalue weighted by Crippen LogP contribution is 2.33. The summed E-state index contributed by atoms with van der Waals surface area (Å²) in [6.45, 7) is 1.49. The average molecular weight is 220 g/mol. The molecule has 3 nitrogen and oxygen atoms in total. The molecule has 1 aromatic rings. The van der Waals surface area contributed by atoms with Crippen LogP contribution in [0.25, 0.3) is 0 Å². The summed E-state index contributed by atoms with van der Waals surface area (Å²) in [6, 6.07) is 5.99. The summed E-state index contributed by atoms with van der Waals surface area (Å²) < 4.78 is 11.1. The van der Waals surface area contributed by atoms with Gasteiger partial charge in [-0.2, -0.15) is 0 Å². The van der Waals surface area contributed by atoms with Gasteiger partial charge in [0.05, 0.1) is 19.3 Å². The second-order valence-corrected chi connectivity index (χ2v) is 4.52. The second kappa shape index (κ2) is 4.07. The van der Waals surface area contributed by atoms with Gasteiger partial charge in [0, 0.05) is 6.42 Å². The number of fused-ring (bicyclic) bond motifs is 1. The Balaban J connectivity index is 1.76. The molecule has 1 aliphatic heterocycles. The number of benzene rings is 1. The number of rotatable bonds is 2. The summed E-state index contributed by atoms with van der Waals surface area (Å²) in [5.41, 5.74) is 2.29. The predicted octanol–water partition coefficient (Wildman–Crippen LogP) is 1.83. The number of ether oxygens (including phenoxy) is 2. The monoisotopic (exact) mass is 220 g/mol. The van der Waals surface area contributed by atoms with Gasteiger partial charge < -0.3 is 14.6 Å². The molecule has 0 spiro atoms. The van der Waals surface area contributed by atoms with Crippen molar-refractivity contribution >= 4 is 0 Å². The molecule has 1 aliphatic carbocycles. The first kappa shape index (κ1) is 10.1. The lowest BCUT2D eigenvalue weighted by Crippen LogP contribution is -2.15. The van der Waals surface area contributed by atoms with E-state index in [0.29, 0.717) is 6.61 Å². The molecule has 0 amide bonds. The zero-order valence-corrected chi connectivity index (χ0v) is 9.19. The maximum absolute atomic E-state index is 9.70. The van der Waals surface area contributed by atoms with Crippen molar-refractivity contribution in [2.75, 3.05) is 13.2 Å². The molecule has 0 bridgehead atoms. The van der Waals surface area contributed by atoms with Crippen LogP contribution in [0.1, 0.15) is 30.1 Å². The summed E-state index contributed by atoms with van der Waals surface area (Å²) in [7, 11) is 0. The van der Waals surface area contributed by atoms with E-state index >= 15 is 0 Å². The van der Waals surface area contributed by atoms with Gasteiger partial charge in [-0.25, -0.2) is 0 Å². The minimum atomic E-state index is -0.279. The predicted molar refractivity (Wildman–Crippen MR) is 59.6 cm³/mol. The molecule has 16 heavy (non-hydrogen) atoms. The van der Waals surface area contributed by atoms with Gasteiger partial charge in [-0.15, -0.1) is 0 Å². The van der Waals surface area contributed by atoms with E-state index in [-0.39, 0.29) is 12.2 Å². The number of hydrogen-bond donors (Lipinski definition) is 1. The fourth-order valence-electron chi connectivity index (χ4n) is 2.44. The number of aliphatic hydroxyl groups excluding tert-OH is 1.